The molecule has 5 aromatic carbocycles. The Balaban J connectivity index is 1.28. The van der Waals surface area contributed by atoms with Crippen molar-refractivity contribution in [1.82, 2.24) is 0 Å². The van der Waals surface area contributed by atoms with E-state index in [1.54, 1.807) is 78.9 Å². The fourth-order valence-electron chi connectivity index (χ4n) is 5.40. The molecule has 0 spiro atoms. The number of hydrogen-bond donors (Lipinski definition) is 1. The Kier molecular flexibility index (Phi) is 11.4. The molecule has 1 N–H and O–H groups in total. The number of carbonyl (C=O) groups is 2. The first-order valence-corrected chi connectivity index (χ1v) is 15.9. The predicted octanol–water partition coefficient (Wildman–Crippen LogP) is 6.40. The van der Waals surface area contributed by atoms with Gasteiger partial charge >= 0.3 is 11.9 Å². The van der Waals surface area contributed by atoms with Crippen LogP contribution in [-0.4, -0.2) is 54.4 Å². The molecule has 1 aliphatic rings. The van der Waals surface area contributed by atoms with E-state index in [9.17, 15) is 14.7 Å². The molecule has 5 aromatic rings. The standard InChI is InChI=1S/C40H36O9/c41-25-34-35(44-26-28-13-5-1-6-14-28)36(45-27-29-15-7-2-8-16-29)37(49-39(43)31-19-11-4-12-20-31)40(48-34)47-33-23-21-32(22-24-33)46-38(42)30-17-9-3-10-18-30/h1-24,34-37,40-41H,25-27H2/t34-,35+,36+,37-,40-/m1/s1. The molecule has 0 radical (unpaired) electrons. The van der Waals surface area contributed by atoms with Crippen LogP contribution in [0.3, 0.4) is 0 Å². The normalized spacial score (nSPS) is 20.2. The zero-order valence-electron chi connectivity index (χ0n) is 26.6. The molecule has 0 amide bonds. The van der Waals surface area contributed by atoms with Gasteiger partial charge in [-0.25, -0.2) is 9.59 Å². The topological polar surface area (TPSA) is 110 Å². The van der Waals surface area contributed by atoms with Crippen LogP contribution in [0.5, 0.6) is 11.5 Å². The lowest BCUT2D eigenvalue weighted by Crippen LogP contribution is -2.62. The Morgan fingerprint density at radius 2 is 1.02 bits per heavy atom. The number of ether oxygens (including phenoxy) is 6. The van der Waals surface area contributed by atoms with Gasteiger partial charge in [0, 0.05) is 0 Å². The van der Waals surface area contributed by atoms with Gasteiger partial charge in [0.15, 0.2) is 6.10 Å². The molecule has 1 heterocycles. The highest BCUT2D eigenvalue weighted by Gasteiger charge is 2.51. The first-order valence-electron chi connectivity index (χ1n) is 15.9. The van der Waals surface area contributed by atoms with Crippen molar-refractivity contribution in [3.05, 3.63) is 168 Å². The second kappa shape index (κ2) is 16.7. The van der Waals surface area contributed by atoms with Crippen molar-refractivity contribution >= 4 is 11.9 Å². The van der Waals surface area contributed by atoms with Gasteiger partial charge in [-0.05, 0) is 59.7 Å². The van der Waals surface area contributed by atoms with E-state index in [2.05, 4.69) is 0 Å². The molecule has 0 aromatic heterocycles. The highest BCUT2D eigenvalue weighted by Crippen LogP contribution is 2.32. The third kappa shape index (κ3) is 8.98. The van der Waals surface area contributed by atoms with E-state index in [1.807, 2.05) is 66.7 Å². The Morgan fingerprint density at radius 3 is 1.55 bits per heavy atom. The van der Waals surface area contributed by atoms with Crippen LogP contribution >= 0.6 is 0 Å². The van der Waals surface area contributed by atoms with Crippen LogP contribution < -0.4 is 9.47 Å². The summed E-state index contributed by atoms with van der Waals surface area (Å²) in [5.41, 5.74) is 2.55. The van der Waals surface area contributed by atoms with Crippen molar-refractivity contribution in [3.8, 4) is 11.5 Å². The maximum absolute atomic E-state index is 13.5. The van der Waals surface area contributed by atoms with E-state index in [-0.39, 0.29) is 13.2 Å². The van der Waals surface area contributed by atoms with Crippen molar-refractivity contribution in [2.24, 2.45) is 0 Å². The highest BCUT2D eigenvalue weighted by molar-refractivity contribution is 5.91. The zero-order valence-corrected chi connectivity index (χ0v) is 26.6. The minimum absolute atomic E-state index is 0.169. The van der Waals surface area contributed by atoms with Crippen LogP contribution in [-0.2, 0) is 32.2 Å². The van der Waals surface area contributed by atoms with Gasteiger partial charge in [-0.2, -0.15) is 0 Å². The molecule has 1 saturated heterocycles. The van der Waals surface area contributed by atoms with E-state index in [4.69, 9.17) is 28.4 Å². The fourth-order valence-corrected chi connectivity index (χ4v) is 5.40. The Morgan fingerprint density at radius 1 is 0.551 bits per heavy atom. The second-order valence-corrected chi connectivity index (χ2v) is 11.3. The smallest absolute Gasteiger partial charge is 0.343 e. The van der Waals surface area contributed by atoms with Crippen LogP contribution in [0.15, 0.2) is 146 Å². The maximum Gasteiger partial charge on any atom is 0.343 e. The predicted molar refractivity (Wildman–Crippen MR) is 180 cm³/mol. The van der Waals surface area contributed by atoms with Gasteiger partial charge in [-0.3, -0.25) is 0 Å². The highest BCUT2D eigenvalue weighted by atomic mass is 16.7. The molecule has 9 heteroatoms. The Hall–Kier alpha value is -5.32. The molecular weight excluding hydrogens is 624 g/mol. The molecule has 250 valence electrons. The maximum atomic E-state index is 13.5. The number of esters is 2. The molecule has 9 nitrogen and oxygen atoms in total. The number of benzene rings is 5. The lowest BCUT2D eigenvalue weighted by Gasteiger charge is -2.45. The number of aliphatic hydroxyl groups excluding tert-OH is 1. The molecule has 1 aliphatic heterocycles. The number of carbonyl (C=O) groups excluding carboxylic acids is 2. The lowest BCUT2D eigenvalue weighted by atomic mass is 9.97. The van der Waals surface area contributed by atoms with Gasteiger partial charge in [-0.1, -0.05) is 97.1 Å². The third-order valence-corrected chi connectivity index (χ3v) is 7.89. The summed E-state index contributed by atoms with van der Waals surface area (Å²) >= 11 is 0. The molecule has 1 fully saturated rings. The molecule has 0 aliphatic carbocycles. The van der Waals surface area contributed by atoms with Gasteiger partial charge in [0.1, 0.15) is 29.8 Å². The summed E-state index contributed by atoms with van der Waals surface area (Å²) in [6.07, 6.45) is -5.00. The van der Waals surface area contributed by atoms with Crippen molar-refractivity contribution in [1.29, 1.82) is 0 Å². The molecule has 6 rings (SSSR count). The first-order chi connectivity index (χ1) is 24.1. The Bertz CT molecular complexity index is 1750. The summed E-state index contributed by atoms with van der Waals surface area (Å²) in [6, 6.07) is 42.8. The van der Waals surface area contributed by atoms with E-state index >= 15 is 0 Å². The number of rotatable bonds is 13. The van der Waals surface area contributed by atoms with E-state index in [1.165, 1.54) is 0 Å². The summed E-state index contributed by atoms with van der Waals surface area (Å²) in [6.45, 7) is -0.0503. The summed E-state index contributed by atoms with van der Waals surface area (Å²) in [5, 5.41) is 10.5. The largest absolute Gasteiger partial charge is 0.461 e. The van der Waals surface area contributed by atoms with Crippen LogP contribution in [0.1, 0.15) is 31.8 Å². The quantitative estimate of drug-likeness (QED) is 0.113. The average molecular weight is 661 g/mol. The van der Waals surface area contributed by atoms with Crippen LogP contribution in [0, 0.1) is 0 Å². The lowest BCUT2D eigenvalue weighted by molar-refractivity contribution is -0.296. The van der Waals surface area contributed by atoms with Crippen molar-refractivity contribution < 1.29 is 43.1 Å². The monoisotopic (exact) mass is 660 g/mol. The molecular formula is C40H36O9. The van der Waals surface area contributed by atoms with Crippen LogP contribution in [0.25, 0.3) is 0 Å². The summed E-state index contributed by atoms with van der Waals surface area (Å²) < 4.78 is 37.1. The summed E-state index contributed by atoms with van der Waals surface area (Å²) in [7, 11) is 0. The van der Waals surface area contributed by atoms with Crippen molar-refractivity contribution in [3.63, 3.8) is 0 Å². The van der Waals surface area contributed by atoms with Crippen molar-refractivity contribution in [2.75, 3.05) is 6.61 Å². The summed E-state index contributed by atoms with van der Waals surface area (Å²) in [4.78, 5) is 26.1. The van der Waals surface area contributed by atoms with Crippen LogP contribution in [0.2, 0.25) is 0 Å². The van der Waals surface area contributed by atoms with Crippen molar-refractivity contribution in [2.45, 2.75) is 43.9 Å². The molecule has 5 atom stereocenters. The van der Waals surface area contributed by atoms with Crippen LogP contribution in [0.4, 0.5) is 0 Å². The van der Waals surface area contributed by atoms with Gasteiger partial charge in [-0.15, -0.1) is 0 Å². The number of hydrogen-bond acceptors (Lipinski definition) is 9. The summed E-state index contributed by atoms with van der Waals surface area (Å²) in [5.74, 6) is -0.455. The zero-order chi connectivity index (χ0) is 33.8. The first kappa shape index (κ1) is 33.6. The average Bonchev–Trinajstić information content (AvgIpc) is 3.16. The molecule has 0 unspecified atom stereocenters. The molecule has 0 bridgehead atoms. The third-order valence-electron chi connectivity index (χ3n) is 7.89. The SMILES string of the molecule is O=C(Oc1ccc(O[C@@H]2O[C@H](CO)[C@H](OCc3ccccc3)[C@H](OCc3ccccc3)[C@H]2OC(=O)c2ccccc2)cc1)c1ccccc1. The fraction of sp³-hybridized carbons (Fsp3) is 0.200. The minimum atomic E-state index is -1.21. The van der Waals surface area contributed by atoms with E-state index < -0.39 is 49.3 Å². The second-order valence-electron chi connectivity index (χ2n) is 11.3. The van der Waals surface area contributed by atoms with E-state index in [0.29, 0.717) is 22.6 Å². The van der Waals surface area contributed by atoms with Gasteiger partial charge < -0.3 is 33.5 Å². The minimum Gasteiger partial charge on any atom is -0.461 e. The van der Waals surface area contributed by atoms with Gasteiger partial charge in [0.05, 0.1) is 30.9 Å². The Labute approximate surface area is 284 Å². The molecule has 0 saturated carbocycles. The van der Waals surface area contributed by atoms with E-state index in [0.717, 1.165) is 11.1 Å². The number of aliphatic hydroxyl groups is 1. The van der Waals surface area contributed by atoms with Gasteiger partial charge in [0.25, 0.3) is 0 Å². The molecule has 49 heavy (non-hydrogen) atoms. The van der Waals surface area contributed by atoms with Gasteiger partial charge in [0.2, 0.25) is 6.29 Å².